The number of nitrogens with one attached hydrogen (secondary N) is 2. The molecule has 41 heavy (non-hydrogen) atoms. The van der Waals surface area contributed by atoms with E-state index in [4.69, 9.17) is 26.2 Å². The predicted octanol–water partition coefficient (Wildman–Crippen LogP) is 1.60. The molecular formula is C28H25N7O5S. The minimum Gasteiger partial charge on any atom is -0.448 e. The predicted molar refractivity (Wildman–Crippen MR) is 151 cm³/mol. The lowest BCUT2D eigenvalue weighted by molar-refractivity contribution is -0.163. The maximum absolute atomic E-state index is 13.3. The molecule has 12 nitrogen and oxygen atoms in total. The second-order valence-electron chi connectivity index (χ2n) is 10.7. The van der Waals surface area contributed by atoms with E-state index in [-0.39, 0.29) is 24.0 Å². The quantitative estimate of drug-likeness (QED) is 0.197. The molecule has 1 aliphatic carbocycles. The van der Waals surface area contributed by atoms with E-state index in [1.807, 2.05) is 40.6 Å². The van der Waals surface area contributed by atoms with Crippen molar-refractivity contribution >= 4 is 73.2 Å². The van der Waals surface area contributed by atoms with Crippen LogP contribution in [0.25, 0.3) is 32.3 Å². The molecule has 0 bridgehead atoms. The van der Waals surface area contributed by atoms with E-state index in [0.717, 1.165) is 10.2 Å². The fourth-order valence-electron chi connectivity index (χ4n) is 5.49. The molecule has 13 heteroatoms. The van der Waals surface area contributed by atoms with Gasteiger partial charge in [0, 0.05) is 48.5 Å². The number of imide groups is 1. The van der Waals surface area contributed by atoms with Crippen molar-refractivity contribution in [3.63, 3.8) is 0 Å². The number of carbonyl (C=O) groups excluding carboxylic acids is 4. The number of benzene rings is 1. The van der Waals surface area contributed by atoms with Crippen LogP contribution in [0, 0.1) is 0 Å². The van der Waals surface area contributed by atoms with Crippen molar-refractivity contribution in [1.29, 1.82) is 0 Å². The van der Waals surface area contributed by atoms with Crippen molar-refractivity contribution < 1.29 is 23.9 Å². The number of rotatable bonds is 6. The van der Waals surface area contributed by atoms with Gasteiger partial charge in [0.15, 0.2) is 5.60 Å². The van der Waals surface area contributed by atoms with Gasteiger partial charge in [-0.15, -0.1) is 11.3 Å². The first kappa shape index (κ1) is 25.4. The number of piperidine rings is 1. The molecule has 7 rings (SSSR count). The van der Waals surface area contributed by atoms with Crippen LogP contribution in [-0.4, -0.2) is 62.9 Å². The number of carbonyl (C=O) groups is 4. The zero-order valence-electron chi connectivity index (χ0n) is 21.7. The summed E-state index contributed by atoms with van der Waals surface area (Å²) in [7, 11) is 0. The number of para-hydroxylation sites is 1. The number of aromatic nitrogens is 3. The van der Waals surface area contributed by atoms with E-state index >= 15 is 0 Å². The first-order valence-corrected chi connectivity index (χ1v) is 14.1. The number of aromatic amines is 1. The molecule has 0 radical (unpaired) electrons. The van der Waals surface area contributed by atoms with Gasteiger partial charge in [-0.25, -0.2) is 9.97 Å². The van der Waals surface area contributed by atoms with Crippen molar-refractivity contribution in [2.75, 3.05) is 18.0 Å². The number of H-pyrrole nitrogens is 1. The molecule has 1 saturated heterocycles. The van der Waals surface area contributed by atoms with Gasteiger partial charge in [0.2, 0.25) is 5.95 Å². The van der Waals surface area contributed by atoms with Gasteiger partial charge in [0.25, 0.3) is 17.7 Å². The van der Waals surface area contributed by atoms with Gasteiger partial charge in [0.1, 0.15) is 10.4 Å². The van der Waals surface area contributed by atoms with E-state index in [1.165, 1.54) is 11.3 Å². The minimum absolute atomic E-state index is 0.178. The van der Waals surface area contributed by atoms with Crippen LogP contribution in [0.4, 0.5) is 5.95 Å². The Morgan fingerprint density at radius 1 is 0.976 bits per heavy atom. The zero-order valence-corrected chi connectivity index (χ0v) is 22.5. The Labute approximate surface area is 236 Å². The average molecular weight is 572 g/mol. The molecule has 6 N–H and O–H groups in total. The highest BCUT2D eigenvalue weighted by Gasteiger charge is 2.55. The Hall–Kier alpha value is -4.62. The monoisotopic (exact) mass is 571 g/mol. The normalized spacial score (nSPS) is 19.6. The Kier molecular flexibility index (Phi) is 5.53. The number of fused-ring (bicyclic) bond motifs is 2. The number of thiophene rings is 1. The van der Waals surface area contributed by atoms with E-state index in [9.17, 15) is 19.2 Å². The van der Waals surface area contributed by atoms with E-state index in [1.54, 1.807) is 6.20 Å². The highest BCUT2D eigenvalue weighted by Crippen LogP contribution is 2.41. The summed E-state index contributed by atoms with van der Waals surface area (Å²) in [6.07, 6.45) is 3.00. The van der Waals surface area contributed by atoms with Crippen LogP contribution in [-0.2, 0) is 23.9 Å². The summed E-state index contributed by atoms with van der Waals surface area (Å²) in [5.74, 6) is -1.98. The topological polar surface area (TPSA) is 186 Å². The fraction of sp³-hybridized carbons (Fsp3) is 0.286. The maximum atomic E-state index is 13.3. The SMILES string of the molecule is NC(=O)C1(OC(=O)C2(N)CCN(c3nc(C4=C(c5c[nH]c6sccc56)C(=O)NC4=O)c4ccccc4n3)CC2)CC1. The van der Waals surface area contributed by atoms with Gasteiger partial charge in [-0.05, 0) is 30.4 Å². The van der Waals surface area contributed by atoms with Gasteiger partial charge in [-0.3, -0.25) is 24.5 Å². The highest BCUT2D eigenvalue weighted by atomic mass is 32.1. The molecule has 1 saturated carbocycles. The number of nitrogens with two attached hydrogens (primary N) is 2. The molecule has 3 amide bonds. The van der Waals surface area contributed by atoms with Gasteiger partial charge in [-0.2, -0.15) is 0 Å². The second kappa shape index (κ2) is 8.94. The third kappa shape index (κ3) is 3.99. The Morgan fingerprint density at radius 3 is 2.44 bits per heavy atom. The van der Waals surface area contributed by atoms with Crippen molar-refractivity contribution in [2.24, 2.45) is 11.5 Å². The first-order valence-electron chi connectivity index (χ1n) is 13.2. The number of hydrogen-bond donors (Lipinski definition) is 4. The molecular weight excluding hydrogens is 546 g/mol. The van der Waals surface area contributed by atoms with Crippen molar-refractivity contribution in [1.82, 2.24) is 20.3 Å². The zero-order chi connectivity index (χ0) is 28.5. The third-order valence-corrected chi connectivity index (χ3v) is 8.96. The summed E-state index contributed by atoms with van der Waals surface area (Å²) in [5, 5.41) is 5.83. The first-order chi connectivity index (χ1) is 19.7. The molecule has 0 unspecified atom stereocenters. The number of hydrogen-bond acceptors (Lipinski definition) is 10. The molecule has 2 fully saturated rings. The minimum atomic E-state index is -1.28. The average Bonchev–Trinajstić information content (AvgIpc) is 3.27. The van der Waals surface area contributed by atoms with Crippen molar-refractivity contribution in [2.45, 2.75) is 36.8 Å². The summed E-state index contributed by atoms with van der Waals surface area (Å²) in [4.78, 5) is 66.5. The van der Waals surface area contributed by atoms with E-state index in [2.05, 4.69) is 10.3 Å². The lowest BCUT2D eigenvalue weighted by Gasteiger charge is -2.38. The van der Waals surface area contributed by atoms with Crippen LogP contribution in [0.3, 0.4) is 0 Å². The number of ether oxygens (including phenoxy) is 1. The number of anilines is 1. The van der Waals surface area contributed by atoms with Crippen molar-refractivity contribution in [3.8, 4) is 0 Å². The molecule has 3 aromatic heterocycles. The third-order valence-electron chi connectivity index (χ3n) is 8.12. The summed E-state index contributed by atoms with van der Waals surface area (Å²) < 4.78 is 5.46. The van der Waals surface area contributed by atoms with Gasteiger partial charge >= 0.3 is 5.97 Å². The summed E-state index contributed by atoms with van der Waals surface area (Å²) in [5.41, 5.74) is 11.3. The van der Waals surface area contributed by atoms with E-state index < -0.39 is 34.8 Å². The van der Waals surface area contributed by atoms with Gasteiger partial charge in [0.05, 0.1) is 22.4 Å². The van der Waals surface area contributed by atoms with Crippen LogP contribution in [0.5, 0.6) is 0 Å². The highest BCUT2D eigenvalue weighted by molar-refractivity contribution is 7.16. The van der Waals surface area contributed by atoms with Gasteiger partial charge < -0.3 is 26.1 Å². The standard InChI is InChI=1S/C28H25N7O5S/c29-24(38)28(6-7-28)40-25(39)27(30)8-10-35(11-9-27)26-32-17-4-2-1-3-15(17)20(33-26)19-18(21(36)34-22(19)37)16-13-31-23-14(16)5-12-41-23/h1-5,12-13,31H,6-11,30H2,(H2,29,38)(H,34,36,37). The molecule has 2 aliphatic heterocycles. The largest absolute Gasteiger partial charge is 0.448 e. The summed E-state index contributed by atoms with van der Waals surface area (Å²) in [6.45, 7) is 0.661. The molecule has 4 aromatic rings. The maximum Gasteiger partial charge on any atom is 0.327 e. The Bertz CT molecular complexity index is 1830. The number of primary amides is 1. The summed E-state index contributed by atoms with van der Waals surface area (Å²) in [6, 6.07) is 9.20. The molecule has 208 valence electrons. The molecule has 5 heterocycles. The van der Waals surface area contributed by atoms with Crippen molar-refractivity contribution in [3.05, 3.63) is 53.2 Å². The molecule has 0 spiro atoms. The fourth-order valence-corrected chi connectivity index (χ4v) is 6.26. The second-order valence-corrected chi connectivity index (χ2v) is 11.6. The summed E-state index contributed by atoms with van der Waals surface area (Å²) >= 11 is 1.51. The number of amides is 3. The molecule has 1 aromatic carbocycles. The lowest BCUT2D eigenvalue weighted by atomic mass is 9.88. The molecule has 3 aliphatic rings. The Balaban J connectivity index is 1.25. The molecule has 0 atom stereocenters. The van der Waals surface area contributed by atoms with Gasteiger partial charge in [-0.1, -0.05) is 18.2 Å². The van der Waals surface area contributed by atoms with Crippen LogP contribution < -0.4 is 21.7 Å². The van der Waals surface area contributed by atoms with E-state index in [0.29, 0.717) is 54.0 Å². The Morgan fingerprint density at radius 2 is 1.71 bits per heavy atom. The number of esters is 1. The van der Waals surface area contributed by atoms with Crippen LogP contribution in [0.2, 0.25) is 0 Å². The van der Waals surface area contributed by atoms with Crippen LogP contribution in [0.1, 0.15) is 36.9 Å². The van der Waals surface area contributed by atoms with Crippen LogP contribution >= 0.6 is 11.3 Å². The number of nitrogens with zero attached hydrogens (tertiary/aromatic N) is 3. The van der Waals surface area contributed by atoms with Crippen LogP contribution in [0.15, 0.2) is 41.9 Å². The lowest BCUT2D eigenvalue weighted by Crippen LogP contribution is -2.58. The smallest absolute Gasteiger partial charge is 0.327 e.